The molecule has 0 aliphatic rings. The maximum absolute atomic E-state index is 11.9. The maximum Gasteiger partial charge on any atom is 0.250 e. The van der Waals surface area contributed by atoms with Crippen LogP contribution in [0.15, 0.2) is 42.5 Å². The summed E-state index contributed by atoms with van der Waals surface area (Å²) in [6, 6.07) is 14.0. The zero-order valence-corrected chi connectivity index (χ0v) is 8.79. The van der Waals surface area contributed by atoms with Crippen LogP contribution in [0.3, 0.4) is 0 Å². The molecule has 0 heterocycles. The van der Waals surface area contributed by atoms with Crippen molar-refractivity contribution in [2.24, 2.45) is 0 Å². The van der Waals surface area contributed by atoms with Crippen molar-refractivity contribution < 1.29 is 8.78 Å². The minimum Gasteiger partial charge on any atom is -0.307 e. The highest BCUT2D eigenvalue weighted by atomic mass is 19.3. The van der Waals surface area contributed by atoms with Crippen LogP contribution in [-0.4, -0.2) is 13.0 Å². The van der Waals surface area contributed by atoms with Gasteiger partial charge in [-0.25, -0.2) is 8.78 Å². The first-order chi connectivity index (χ1) is 7.75. The third kappa shape index (κ3) is 2.76. The Kier molecular flexibility index (Phi) is 3.47. The molecule has 0 saturated heterocycles. The van der Waals surface area contributed by atoms with Crippen LogP contribution >= 0.6 is 0 Å². The van der Waals surface area contributed by atoms with Crippen molar-refractivity contribution in [3.05, 3.63) is 48.0 Å². The van der Waals surface area contributed by atoms with Gasteiger partial charge in [0.25, 0.3) is 6.43 Å². The molecule has 0 aliphatic heterocycles. The van der Waals surface area contributed by atoms with E-state index >= 15 is 0 Å². The smallest absolute Gasteiger partial charge is 0.250 e. The Hall–Kier alpha value is -1.48. The summed E-state index contributed by atoms with van der Waals surface area (Å²) in [5.74, 6) is 0. The summed E-state index contributed by atoms with van der Waals surface area (Å²) >= 11 is 0. The molecule has 0 atom stereocenters. The first kappa shape index (κ1) is 11.0. The van der Waals surface area contributed by atoms with Crippen LogP contribution in [0, 0.1) is 0 Å². The van der Waals surface area contributed by atoms with Crippen molar-refractivity contribution >= 4 is 10.8 Å². The van der Waals surface area contributed by atoms with Gasteiger partial charge in [-0.05, 0) is 22.4 Å². The van der Waals surface area contributed by atoms with E-state index in [2.05, 4.69) is 5.32 Å². The van der Waals surface area contributed by atoms with E-state index in [1.54, 1.807) is 0 Å². The average molecular weight is 221 g/mol. The minimum absolute atomic E-state index is 0.257. The molecule has 1 N–H and O–H groups in total. The lowest BCUT2D eigenvalue weighted by Crippen LogP contribution is -2.20. The number of rotatable bonds is 4. The molecule has 0 unspecified atom stereocenters. The van der Waals surface area contributed by atoms with Crippen molar-refractivity contribution in [1.82, 2.24) is 5.32 Å². The summed E-state index contributed by atoms with van der Waals surface area (Å²) in [6.07, 6.45) is -2.29. The van der Waals surface area contributed by atoms with E-state index in [1.165, 1.54) is 5.39 Å². The van der Waals surface area contributed by atoms with Gasteiger partial charge in [0.05, 0.1) is 6.54 Å². The molecule has 1 nitrogen and oxygen atoms in total. The van der Waals surface area contributed by atoms with Crippen LogP contribution in [0.5, 0.6) is 0 Å². The molecule has 0 radical (unpaired) electrons. The molecule has 0 aromatic heterocycles. The zero-order chi connectivity index (χ0) is 11.4. The molecule has 0 amide bonds. The second-order valence-electron chi connectivity index (χ2n) is 3.70. The summed E-state index contributed by atoms with van der Waals surface area (Å²) < 4.78 is 23.9. The van der Waals surface area contributed by atoms with Crippen LogP contribution < -0.4 is 5.32 Å². The SMILES string of the molecule is FC(F)CNCc1ccc2ccccc2c1. The van der Waals surface area contributed by atoms with Crippen LogP contribution in [-0.2, 0) is 6.54 Å². The monoisotopic (exact) mass is 221 g/mol. The molecule has 0 saturated carbocycles. The van der Waals surface area contributed by atoms with Crippen molar-refractivity contribution in [2.75, 3.05) is 6.54 Å². The summed E-state index contributed by atoms with van der Waals surface area (Å²) in [7, 11) is 0. The topological polar surface area (TPSA) is 12.0 Å². The minimum atomic E-state index is -2.29. The van der Waals surface area contributed by atoms with E-state index < -0.39 is 6.43 Å². The summed E-state index contributed by atoms with van der Waals surface area (Å²) in [5.41, 5.74) is 1.03. The second-order valence-corrected chi connectivity index (χ2v) is 3.70. The van der Waals surface area contributed by atoms with E-state index in [0.717, 1.165) is 10.9 Å². The van der Waals surface area contributed by atoms with E-state index in [9.17, 15) is 8.78 Å². The number of hydrogen-bond donors (Lipinski definition) is 1. The van der Waals surface area contributed by atoms with E-state index in [-0.39, 0.29) is 6.54 Å². The fourth-order valence-corrected chi connectivity index (χ4v) is 1.67. The van der Waals surface area contributed by atoms with Gasteiger partial charge in [-0.2, -0.15) is 0 Å². The third-order valence-electron chi connectivity index (χ3n) is 2.44. The Labute approximate surface area is 93.1 Å². The Balaban J connectivity index is 2.08. The molecule has 0 aliphatic carbocycles. The van der Waals surface area contributed by atoms with Crippen LogP contribution in [0.4, 0.5) is 8.78 Å². The number of fused-ring (bicyclic) bond motifs is 1. The van der Waals surface area contributed by atoms with Gasteiger partial charge in [-0.15, -0.1) is 0 Å². The largest absolute Gasteiger partial charge is 0.307 e. The molecule has 0 fully saturated rings. The van der Waals surface area contributed by atoms with Gasteiger partial charge < -0.3 is 5.32 Å². The molecule has 3 heteroatoms. The Bertz CT molecular complexity index is 468. The maximum atomic E-state index is 11.9. The molecule has 2 aromatic carbocycles. The van der Waals surface area contributed by atoms with Crippen LogP contribution in [0.2, 0.25) is 0 Å². The van der Waals surface area contributed by atoms with Crippen molar-refractivity contribution in [3.63, 3.8) is 0 Å². The fraction of sp³-hybridized carbons (Fsp3) is 0.231. The first-order valence-corrected chi connectivity index (χ1v) is 5.22. The fourth-order valence-electron chi connectivity index (χ4n) is 1.67. The Morgan fingerprint density at radius 3 is 2.50 bits per heavy atom. The number of alkyl halides is 2. The average Bonchev–Trinajstić information content (AvgIpc) is 2.28. The predicted octanol–water partition coefficient (Wildman–Crippen LogP) is 3.19. The highest BCUT2D eigenvalue weighted by molar-refractivity contribution is 5.82. The standard InChI is InChI=1S/C13H13F2N/c14-13(15)9-16-8-10-5-6-11-3-1-2-4-12(11)7-10/h1-7,13,16H,8-9H2. The molecule has 0 bridgehead atoms. The summed E-state index contributed by atoms with van der Waals surface area (Å²) in [5, 5.41) is 5.02. The van der Waals surface area contributed by atoms with Gasteiger partial charge in [-0.3, -0.25) is 0 Å². The molecule has 16 heavy (non-hydrogen) atoms. The number of halogens is 2. The molecular formula is C13H13F2N. The van der Waals surface area contributed by atoms with E-state index in [4.69, 9.17) is 0 Å². The predicted molar refractivity (Wildman–Crippen MR) is 61.7 cm³/mol. The lowest BCUT2D eigenvalue weighted by molar-refractivity contribution is 0.145. The summed E-state index contributed by atoms with van der Waals surface area (Å²) in [6.45, 7) is 0.224. The van der Waals surface area contributed by atoms with Gasteiger partial charge in [0.1, 0.15) is 0 Å². The van der Waals surface area contributed by atoms with Gasteiger partial charge in [0.15, 0.2) is 0 Å². The van der Waals surface area contributed by atoms with Gasteiger partial charge >= 0.3 is 0 Å². The molecule has 2 rings (SSSR count). The first-order valence-electron chi connectivity index (χ1n) is 5.22. The lowest BCUT2D eigenvalue weighted by Gasteiger charge is -2.05. The van der Waals surface area contributed by atoms with Gasteiger partial charge in [0, 0.05) is 6.54 Å². The molecular weight excluding hydrogens is 208 g/mol. The Morgan fingerprint density at radius 2 is 1.75 bits per heavy atom. The van der Waals surface area contributed by atoms with E-state index in [1.807, 2.05) is 42.5 Å². The number of nitrogens with one attached hydrogen (secondary N) is 1. The number of benzene rings is 2. The molecule has 84 valence electrons. The van der Waals surface area contributed by atoms with Gasteiger partial charge in [-0.1, -0.05) is 36.4 Å². The second kappa shape index (κ2) is 5.03. The van der Waals surface area contributed by atoms with E-state index in [0.29, 0.717) is 6.54 Å². The quantitative estimate of drug-likeness (QED) is 0.836. The highest BCUT2D eigenvalue weighted by Crippen LogP contribution is 2.15. The van der Waals surface area contributed by atoms with Crippen LogP contribution in [0.25, 0.3) is 10.8 Å². The van der Waals surface area contributed by atoms with Crippen molar-refractivity contribution in [3.8, 4) is 0 Å². The molecule has 2 aromatic rings. The molecule has 0 spiro atoms. The Morgan fingerprint density at radius 1 is 1.00 bits per heavy atom. The number of hydrogen-bond acceptors (Lipinski definition) is 1. The van der Waals surface area contributed by atoms with Crippen LogP contribution in [0.1, 0.15) is 5.56 Å². The normalized spacial score (nSPS) is 11.2. The lowest BCUT2D eigenvalue weighted by atomic mass is 10.1. The van der Waals surface area contributed by atoms with Crippen molar-refractivity contribution in [1.29, 1.82) is 0 Å². The zero-order valence-electron chi connectivity index (χ0n) is 8.79. The van der Waals surface area contributed by atoms with Gasteiger partial charge in [0.2, 0.25) is 0 Å². The summed E-state index contributed by atoms with van der Waals surface area (Å²) in [4.78, 5) is 0. The third-order valence-corrected chi connectivity index (χ3v) is 2.44. The highest BCUT2D eigenvalue weighted by Gasteiger charge is 2.01. The van der Waals surface area contributed by atoms with Crippen molar-refractivity contribution in [2.45, 2.75) is 13.0 Å².